The molecule has 1 saturated carbocycles. The fraction of sp³-hybridized carbons (Fsp3) is 0.786. The molecule has 0 aliphatic heterocycles. The molecule has 19 heavy (non-hydrogen) atoms. The zero-order chi connectivity index (χ0) is 14.2. The van der Waals surface area contributed by atoms with Gasteiger partial charge in [-0.1, -0.05) is 32.9 Å². The highest BCUT2D eigenvalue weighted by Crippen LogP contribution is 2.37. The van der Waals surface area contributed by atoms with Gasteiger partial charge in [-0.05, 0) is 37.0 Å². The first kappa shape index (κ1) is 14.0. The molecule has 2 rings (SSSR count). The molecular weight excluding hydrogens is 242 g/mol. The Morgan fingerprint density at radius 1 is 1.32 bits per heavy atom. The Hall–Kier alpha value is -1.39. The van der Waals surface area contributed by atoms with Gasteiger partial charge in [-0.2, -0.15) is 0 Å². The second-order valence-electron chi connectivity index (χ2n) is 6.15. The highest BCUT2D eigenvalue weighted by Gasteiger charge is 2.30. The molecule has 1 aliphatic carbocycles. The minimum atomic E-state index is -0.979. The highest BCUT2D eigenvalue weighted by molar-refractivity contribution is 5.86. The number of aromatic carboxylic acids is 1. The van der Waals surface area contributed by atoms with Crippen LogP contribution in [-0.4, -0.2) is 26.1 Å². The van der Waals surface area contributed by atoms with E-state index in [0.717, 1.165) is 24.5 Å². The molecular formula is C14H23N3O2. The van der Waals surface area contributed by atoms with E-state index in [-0.39, 0.29) is 11.6 Å². The minimum absolute atomic E-state index is 0.112. The maximum absolute atomic E-state index is 11.2. The Labute approximate surface area is 114 Å². The van der Waals surface area contributed by atoms with Gasteiger partial charge >= 0.3 is 5.97 Å². The van der Waals surface area contributed by atoms with Crippen molar-refractivity contribution in [2.75, 3.05) is 0 Å². The lowest BCUT2D eigenvalue weighted by molar-refractivity contribution is 0.0688. The fourth-order valence-electron chi connectivity index (χ4n) is 3.00. The molecule has 0 bridgehead atoms. The number of nitrogens with zero attached hydrogens (tertiary/aromatic N) is 3. The van der Waals surface area contributed by atoms with Gasteiger partial charge in [-0.3, -0.25) is 0 Å². The Balaban J connectivity index is 2.32. The first-order valence-corrected chi connectivity index (χ1v) is 7.10. The maximum atomic E-state index is 11.2. The molecule has 1 heterocycles. The lowest BCUT2D eigenvalue weighted by atomic mass is 9.79. The van der Waals surface area contributed by atoms with Crippen LogP contribution in [0.4, 0.5) is 0 Å². The predicted octanol–water partition coefficient (Wildman–Crippen LogP) is 3.10. The largest absolute Gasteiger partial charge is 0.476 e. The monoisotopic (exact) mass is 265 g/mol. The average Bonchev–Trinajstić information content (AvgIpc) is 2.77. The van der Waals surface area contributed by atoms with Gasteiger partial charge in [-0.25, -0.2) is 9.48 Å². The van der Waals surface area contributed by atoms with Crippen molar-refractivity contribution >= 4 is 5.97 Å². The third kappa shape index (κ3) is 2.65. The van der Waals surface area contributed by atoms with E-state index in [1.54, 1.807) is 0 Å². The number of aromatic nitrogens is 3. The van der Waals surface area contributed by atoms with Crippen LogP contribution in [0.2, 0.25) is 0 Å². The summed E-state index contributed by atoms with van der Waals surface area (Å²) in [6, 6.07) is 0.296. The summed E-state index contributed by atoms with van der Waals surface area (Å²) in [6.45, 7) is 8.54. The first-order valence-electron chi connectivity index (χ1n) is 7.10. The molecule has 1 aliphatic rings. The van der Waals surface area contributed by atoms with Crippen molar-refractivity contribution in [3.8, 4) is 0 Å². The molecule has 0 aromatic carbocycles. The van der Waals surface area contributed by atoms with Gasteiger partial charge in [-0.15, -0.1) is 5.10 Å². The van der Waals surface area contributed by atoms with Gasteiger partial charge in [0.15, 0.2) is 5.69 Å². The molecule has 0 amide bonds. The van der Waals surface area contributed by atoms with Crippen molar-refractivity contribution in [1.29, 1.82) is 0 Å². The summed E-state index contributed by atoms with van der Waals surface area (Å²) in [4.78, 5) is 11.2. The van der Waals surface area contributed by atoms with Crippen LogP contribution in [0.1, 0.15) is 75.1 Å². The predicted molar refractivity (Wildman–Crippen MR) is 72.3 cm³/mol. The van der Waals surface area contributed by atoms with E-state index in [9.17, 15) is 9.90 Å². The molecule has 1 aromatic rings. The highest BCUT2D eigenvalue weighted by atomic mass is 16.4. The van der Waals surface area contributed by atoms with Gasteiger partial charge in [0.1, 0.15) is 0 Å². The third-order valence-corrected chi connectivity index (χ3v) is 4.40. The lowest BCUT2D eigenvalue weighted by Crippen LogP contribution is -2.25. The second kappa shape index (κ2) is 5.31. The maximum Gasteiger partial charge on any atom is 0.358 e. The van der Waals surface area contributed by atoms with E-state index in [1.165, 1.54) is 6.42 Å². The summed E-state index contributed by atoms with van der Waals surface area (Å²) < 4.78 is 1.87. The Bertz CT molecular complexity index is 467. The average molecular weight is 265 g/mol. The molecule has 3 atom stereocenters. The smallest absolute Gasteiger partial charge is 0.358 e. The summed E-state index contributed by atoms with van der Waals surface area (Å²) in [5, 5.41) is 17.2. The summed E-state index contributed by atoms with van der Waals surface area (Å²) in [6.07, 6.45) is 3.29. The van der Waals surface area contributed by atoms with E-state index in [1.807, 2.05) is 18.5 Å². The van der Waals surface area contributed by atoms with E-state index >= 15 is 0 Å². The number of hydrogen-bond acceptors (Lipinski definition) is 3. The standard InChI is InChI=1S/C14H23N3O2/c1-8(2)13-12(14(18)19)15-16-17(13)11-6-5-9(3)10(4)7-11/h8-11H,5-7H2,1-4H3,(H,18,19). The number of carboxylic acid groups (broad SMARTS) is 1. The van der Waals surface area contributed by atoms with Crippen molar-refractivity contribution in [3.05, 3.63) is 11.4 Å². The molecule has 5 heteroatoms. The van der Waals surface area contributed by atoms with Gasteiger partial charge in [0, 0.05) is 0 Å². The van der Waals surface area contributed by atoms with E-state index in [2.05, 4.69) is 24.2 Å². The fourth-order valence-corrected chi connectivity index (χ4v) is 3.00. The van der Waals surface area contributed by atoms with Gasteiger partial charge < -0.3 is 5.11 Å². The molecule has 1 aromatic heterocycles. The van der Waals surface area contributed by atoms with Crippen LogP contribution in [0, 0.1) is 11.8 Å². The zero-order valence-electron chi connectivity index (χ0n) is 12.1. The number of rotatable bonds is 3. The van der Waals surface area contributed by atoms with E-state index < -0.39 is 5.97 Å². The molecule has 0 radical (unpaired) electrons. The van der Waals surface area contributed by atoms with Gasteiger partial charge in [0.05, 0.1) is 11.7 Å². The molecule has 1 fully saturated rings. The van der Waals surface area contributed by atoms with E-state index in [0.29, 0.717) is 12.0 Å². The Morgan fingerprint density at radius 3 is 2.53 bits per heavy atom. The summed E-state index contributed by atoms with van der Waals surface area (Å²) in [5.74, 6) is 0.528. The van der Waals surface area contributed by atoms with Crippen molar-refractivity contribution in [1.82, 2.24) is 15.0 Å². The zero-order valence-corrected chi connectivity index (χ0v) is 12.1. The van der Waals surface area contributed by atoms with Crippen LogP contribution in [0.3, 0.4) is 0 Å². The minimum Gasteiger partial charge on any atom is -0.476 e. The van der Waals surface area contributed by atoms with Crippen LogP contribution in [0.5, 0.6) is 0 Å². The van der Waals surface area contributed by atoms with Crippen LogP contribution in [-0.2, 0) is 0 Å². The lowest BCUT2D eigenvalue weighted by Gasteiger charge is -2.33. The number of carboxylic acids is 1. The van der Waals surface area contributed by atoms with Crippen LogP contribution in [0.15, 0.2) is 0 Å². The van der Waals surface area contributed by atoms with Crippen LogP contribution in [0.25, 0.3) is 0 Å². The Morgan fingerprint density at radius 2 is 2.00 bits per heavy atom. The van der Waals surface area contributed by atoms with Crippen LogP contribution >= 0.6 is 0 Å². The number of carbonyl (C=O) groups is 1. The van der Waals surface area contributed by atoms with Crippen molar-refractivity contribution in [2.24, 2.45) is 11.8 Å². The topological polar surface area (TPSA) is 68.0 Å². The molecule has 5 nitrogen and oxygen atoms in total. The van der Waals surface area contributed by atoms with Crippen molar-refractivity contribution in [3.63, 3.8) is 0 Å². The molecule has 3 unspecified atom stereocenters. The van der Waals surface area contributed by atoms with Crippen molar-refractivity contribution < 1.29 is 9.90 Å². The summed E-state index contributed by atoms with van der Waals surface area (Å²) in [7, 11) is 0. The van der Waals surface area contributed by atoms with Gasteiger partial charge in [0.2, 0.25) is 0 Å². The SMILES string of the molecule is CC(C)c1c(C(=O)O)nnn1C1CCC(C)C(C)C1. The summed E-state index contributed by atoms with van der Waals surface area (Å²) >= 11 is 0. The van der Waals surface area contributed by atoms with Crippen molar-refractivity contribution in [2.45, 2.75) is 58.9 Å². The molecule has 106 valence electrons. The molecule has 0 saturated heterocycles. The third-order valence-electron chi connectivity index (χ3n) is 4.40. The van der Waals surface area contributed by atoms with Crippen LogP contribution < -0.4 is 0 Å². The second-order valence-corrected chi connectivity index (χ2v) is 6.15. The van der Waals surface area contributed by atoms with E-state index in [4.69, 9.17) is 0 Å². The summed E-state index contributed by atoms with van der Waals surface area (Å²) in [5.41, 5.74) is 0.875. The number of hydrogen-bond donors (Lipinski definition) is 1. The normalized spacial score (nSPS) is 27.7. The quantitative estimate of drug-likeness (QED) is 0.911. The first-order chi connectivity index (χ1) is 8.91. The van der Waals surface area contributed by atoms with Gasteiger partial charge in [0.25, 0.3) is 0 Å². The Kier molecular flexibility index (Phi) is 3.92. The molecule has 0 spiro atoms. The molecule has 1 N–H and O–H groups in total.